The molecule has 1 N–H and O–H groups in total. The molecule has 4 aliphatic carbocycles. The third-order valence-corrected chi connectivity index (χ3v) is 8.32. The quantitative estimate of drug-likeness (QED) is 0.334. The van der Waals surface area contributed by atoms with Gasteiger partial charge >= 0.3 is 0 Å². The van der Waals surface area contributed by atoms with Gasteiger partial charge in [-0.2, -0.15) is 0 Å². The summed E-state index contributed by atoms with van der Waals surface area (Å²) in [5, 5.41) is 11.9. The van der Waals surface area contributed by atoms with Crippen LogP contribution in [0.4, 0.5) is 5.13 Å². The summed E-state index contributed by atoms with van der Waals surface area (Å²) in [6, 6.07) is 0. The molecule has 0 saturated heterocycles. The Kier molecular flexibility index (Phi) is 4.09. The van der Waals surface area contributed by atoms with E-state index in [1.807, 2.05) is 6.08 Å². The van der Waals surface area contributed by atoms with Crippen molar-refractivity contribution in [3.63, 3.8) is 0 Å². The van der Waals surface area contributed by atoms with Crippen LogP contribution in [-0.2, 0) is 4.79 Å². The first-order valence-electron chi connectivity index (χ1n) is 8.08. The summed E-state index contributed by atoms with van der Waals surface area (Å²) >= 11 is 7.01. The van der Waals surface area contributed by atoms with Crippen molar-refractivity contribution in [1.82, 2.24) is 10.2 Å². The molecule has 4 nitrogen and oxygen atoms in total. The summed E-state index contributed by atoms with van der Waals surface area (Å²) in [6.07, 6.45) is 8.67. The third-order valence-electron chi connectivity index (χ3n) is 5.42. The average Bonchev–Trinajstić information content (AvgIpc) is 2.90. The van der Waals surface area contributed by atoms with Gasteiger partial charge in [-0.3, -0.25) is 4.79 Å². The number of anilines is 1. The van der Waals surface area contributed by atoms with Crippen molar-refractivity contribution in [2.75, 3.05) is 11.1 Å². The highest BCUT2D eigenvalue weighted by Gasteiger charge is 2.59. The molecule has 5 rings (SSSR count). The van der Waals surface area contributed by atoms with Gasteiger partial charge in [0.25, 0.3) is 0 Å². The van der Waals surface area contributed by atoms with Gasteiger partial charge in [-0.15, -0.1) is 16.8 Å². The molecule has 0 aromatic carbocycles. The molecule has 4 atom stereocenters. The zero-order chi connectivity index (χ0) is 16.1. The Labute approximate surface area is 153 Å². The molecular weight excluding hydrogens is 394 g/mol. The number of alkyl halides is 1. The molecule has 1 heterocycles. The van der Waals surface area contributed by atoms with Gasteiger partial charge in [0.1, 0.15) is 0 Å². The van der Waals surface area contributed by atoms with Crippen LogP contribution in [0.1, 0.15) is 38.5 Å². The number of carbonyl (C=O) groups is 1. The summed E-state index contributed by atoms with van der Waals surface area (Å²) in [6.45, 7) is 3.70. The molecule has 1 amide bonds. The van der Waals surface area contributed by atoms with Crippen molar-refractivity contribution in [3.8, 4) is 0 Å². The van der Waals surface area contributed by atoms with Crippen molar-refractivity contribution in [2.45, 2.75) is 47.2 Å². The van der Waals surface area contributed by atoms with Crippen LogP contribution in [0.25, 0.3) is 0 Å². The molecule has 0 aliphatic heterocycles. The summed E-state index contributed by atoms with van der Waals surface area (Å²) in [5.74, 6) is 2.37. The smallest absolute Gasteiger partial charge is 0.232 e. The van der Waals surface area contributed by atoms with E-state index in [0.717, 1.165) is 29.4 Å². The van der Waals surface area contributed by atoms with Crippen LogP contribution in [-0.4, -0.2) is 26.2 Å². The summed E-state index contributed by atoms with van der Waals surface area (Å²) < 4.78 is 1.07. The Morgan fingerprint density at radius 3 is 2.78 bits per heavy atom. The van der Waals surface area contributed by atoms with E-state index in [1.54, 1.807) is 11.8 Å². The van der Waals surface area contributed by atoms with Crippen LogP contribution in [0.3, 0.4) is 0 Å². The highest BCUT2D eigenvalue weighted by Crippen LogP contribution is 2.64. The highest BCUT2D eigenvalue weighted by molar-refractivity contribution is 9.10. The predicted molar refractivity (Wildman–Crippen MR) is 98.2 cm³/mol. The Balaban J connectivity index is 1.48. The molecule has 1 aromatic heterocycles. The number of nitrogens with zero attached hydrogens (tertiary/aromatic N) is 2. The minimum absolute atomic E-state index is 0.159. The lowest BCUT2D eigenvalue weighted by atomic mass is 9.49. The molecule has 4 bridgehead atoms. The average molecular weight is 414 g/mol. The second kappa shape index (κ2) is 5.85. The van der Waals surface area contributed by atoms with Gasteiger partial charge in [0.05, 0.1) is 5.41 Å². The molecule has 0 radical (unpaired) electrons. The summed E-state index contributed by atoms with van der Waals surface area (Å²) in [4.78, 5) is 13.0. The van der Waals surface area contributed by atoms with Gasteiger partial charge in [0, 0.05) is 10.1 Å². The molecule has 4 saturated carbocycles. The molecule has 23 heavy (non-hydrogen) atoms. The second-order valence-electron chi connectivity index (χ2n) is 7.32. The first-order chi connectivity index (χ1) is 11.0. The van der Waals surface area contributed by atoms with Crippen molar-refractivity contribution in [1.29, 1.82) is 0 Å². The maximum absolute atomic E-state index is 13.0. The normalized spacial score (nSPS) is 37.8. The number of halogens is 1. The van der Waals surface area contributed by atoms with Crippen LogP contribution in [0.5, 0.6) is 0 Å². The topological polar surface area (TPSA) is 54.9 Å². The van der Waals surface area contributed by atoms with E-state index in [-0.39, 0.29) is 15.6 Å². The second-order valence-corrected chi connectivity index (χ2v) is 11.2. The van der Waals surface area contributed by atoms with Crippen molar-refractivity contribution >= 4 is 50.1 Å². The molecule has 7 heteroatoms. The predicted octanol–water partition coefficient (Wildman–Crippen LogP) is 4.49. The van der Waals surface area contributed by atoms with Crippen molar-refractivity contribution in [2.24, 2.45) is 17.3 Å². The first-order valence-corrected chi connectivity index (χ1v) is 10.7. The van der Waals surface area contributed by atoms with Crippen molar-refractivity contribution in [3.05, 3.63) is 12.7 Å². The molecule has 4 aliphatic rings. The van der Waals surface area contributed by atoms with Crippen LogP contribution in [0.2, 0.25) is 0 Å². The Morgan fingerprint density at radius 2 is 2.13 bits per heavy atom. The van der Waals surface area contributed by atoms with Crippen molar-refractivity contribution < 1.29 is 4.79 Å². The van der Waals surface area contributed by atoms with Gasteiger partial charge in [-0.25, -0.2) is 0 Å². The molecule has 4 fully saturated rings. The number of amides is 1. The molecular formula is C16H20BrN3OS2. The van der Waals surface area contributed by atoms with E-state index in [9.17, 15) is 4.79 Å². The van der Waals surface area contributed by atoms with Gasteiger partial charge < -0.3 is 5.32 Å². The lowest BCUT2D eigenvalue weighted by molar-refractivity contribution is -0.138. The van der Waals surface area contributed by atoms with Gasteiger partial charge in [-0.1, -0.05) is 45.1 Å². The standard InChI is InChI=1S/C16H20BrN3OS2/c1-2-3-22-14-20-19-13(23-14)18-12(21)15-5-10-4-11(6-15)8-16(17,7-10)9-15/h2,10-11H,1,3-9H2,(H,18,19,21)/t10-,11+,15?,16?. The number of carbonyl (C=O) groups excluding carboxylic acids is 1. The zero-order valence-corrected chi connectivity index (χ0v) is 16.1. The van der Waals surface area contributed by atoms with E-state index in [0.29, 0.717) is 17.0 Å². The highest BCUT2D eigenvalue weighted by atomic mass is 79.9. The Morgan fingerprint density at radius 1 is 1.39 bits per heavy atom. The maximum atomic E-state index is 13.0. The van der Waals surface area contributed by atoms with E-state index in [2.05, 4.69) is 38.0 Å². The number of hydrogen-bond donors (Lipinski definition) is 1. The summed E-state index contributed by atoms with van der Waals surface area (Å²) in [7, 11) is 0. The molecule has 0 spiro atoms. The Bertz CT molecular complexity index is 633. The van der Waals surface area contributed by atoms with Gasteiger partial charge in [0.15, 0.2) is 4.34 Å². The number of nitrogens with one attached hydrogen (secondary N) is 1. The fourth-order valence-corrected chi connectivity index (χ4v) is 8.06. The van der Waals surface area contributed by atoms with Gasteiger partial charge in [0.2, 0.25) is 11.0 Å². The zero-order valence-electron chi connectivity index (χ0n) is 12.9. The Hall–Kier alpha value is -0.400. The number of rotatable bonds is 5. The summed E-state index contributed by atoms with van der Waals surface area (Å²) in [5.41, 5.74) is -0.201. The SMILES string of the molecule is C=CCSc1nnc(NC(=O)C23C[C@@H]4C[C@@H](CC(Br)(C4)C2)C3)s1. The minimum Gasteiger partial charge on any atom is -0.300 e. The number of aromatic nitrogens is 2. The van der Waals surface area contributed by atoms with Crippen LogP contribution in [0, 0.1) is 17.3 Å². The van der Waals surface area contributed by atoms with E-state index in [1.165, 1.54) is 30.6 Å². The fraction of sp³-hybridized carbons (Fsp3) is 0.688. The van der Waals surface area contributed by atoms with Crippen LogP contribution >= 0.6 is 39.0 Å². The van der Waals surface area contributed by atoms with Crippen LogP contribution in [0.15, 0.2) is 17.0 Å². The molecule has 1 aromatic rings. The van der Waals surface area contributed by atoms with E-state index < -0.39 is 0 Å². The van der Waals surface area contributed by atoms with Gasteiger partial charge in [-0.05, 0) is 50.4 Å². The lowest BCUT2D eigenvalue weighted by Gasteiger charge is -2.59. The van der Waals surface area contributed by atoms with Crippen LogP contribution < -0.4 is 5.32 Å². The third kappa shape index (κ3) is 3.00. The largest absolute Gasteiger partial charge is 0.300 e. The lowest BCUT2D eigenvalue weighted by Crippen LogP contribution is -2.57. The minimum atomic E-state index is -0.201. The monoisotopic (exact) mass is 413 g/mol. The maximum Gasteiger partial charge on any atom is 0.232 e. The first kappa shape index (κ1) is 16.1. The fourth-order valence-electron chi connectivity index (χ4n) is 5.09. The molecule has 124 valence electrons. The number of thioether (sulfide) groups is 1. The van der Waals surface area contributed by atoms with E-state index >= 15 is 0 Å². The molecule has 2 unspecified atom stereocenters. The van der Waals surface area contributed by atoms with E-state index in [4.69, 9.17) is 0 Å². The number of hydrogen-bond acceptors (Lipinski definition) is 5.